The Morgan fingerprint density at radius 3 is 2.61 bits per heavy atom. The van der Waals surface area contributed by atoms with E-state index in [0.29, 0.717) is 31.8 Å². The molecular formula is C21H18FN3O2S. The van der Waals surface area contributed by atoms with Crippen LogP contribution in [0.15, 0.2) is 41.2 Å². The number of nitrogens with one attached hydrogen (secondary N) is 1. The Labute approximate surface area is 164 Å². The van der Waals surface area contributed by atoms with Gasteiger partial charge in [-0.3, -0.25) is 14.2 Å². The first-order valence-electron chi connectivity index (χ1n) is 8.80. The Bertz CT molecular complexity index is 1290. The second-order valence-electron chi connectivity index (χ2n) is 6.87. The molecule has 7 heteroatoms. The van der Waals surface area contributed by atoms with E-state index in [1.807, 2.05) is 32.0 Å². The van der Waals surface area contributed by atoms with Crippen molar-refractivity contribution in [1.29, 1.82) is 0 Å². The minimum absolute atomic E-state index is 0.155. The molecule has 2 aromatic heterocycles. The average Bonchev–Trinajstić information content (AvgIpc) is 2.97. The van der Waals surface area contributed by atoms with E-state index < -0.39 is 5.82 Å². The van der Waals surface area contributed by atoms with Crippen molar-refractivity contribution in [2.75, 3.05) is 5.32 Å². The molecule has 0 bridgehead atoms. The number of carbonyl (C=O) groups excluding carboxylic acids is 1. The summed E-state index contributed by atoms with van der Waals surface area (Å²) in [5.74, 6) is -0.347. The Balaban J connectivity index is 1.72. The second-order valence-corrected chi connectivity index (χ2v) is 7.92. The number of benzene rings is 2. The summed E-state index contributed by atoms with van der Waals surface area (Å²) in [6.45, 7) is 5.40. The lowest BCUT2D eigenvalue weighted by molar-refractivity contribution is -0.116. The fourth-order valence-corrected chi connectivity index (χ4v) is 4.52. The third-order valence-electron chi connectivity index (χ3n) is 4.55. The SMILES string of the molecule is Cc1cc(C)cc(NC(=O)Cn2c(C)nc3c(sc4cccc(F)c43)c2=O)c1. The number of nitrogens with zero attached hydrogens (tertiary/aromatic N) is 2. The maximum Gasteiger partial charge on any atom is 0.272 e. The molecule has 0 atom stereocenters. The molecule has 0 fully saturated rings. The average molecular weight is 395 g/mol. The Hall–Kier alpha value is -3.06. The Morgan fingerprint density at radius 1 is 1.18 bits per heavy atom. The molecule has 2 heterocycles. The Kier molecular flexibility index (Phi) is 4.47. The van der Waals surface area contributed by atoms with Gasteiger partial charge in [-0.25, -0.2) is 9.37 Å². The number of fused-ring (bicyclic) bond motifs is 3. The molecular weight excluding hydrogens is 377 g/mol. The van der Waals surface area contributed by atoms with Crippen molar-refractivity contribution in [1.82, 2.24) is 9.55 Å². The molecule has 5 nitrogen and oxygen atoms in total. The van der Waals surface area contributed by atoms with Gasteiger partial charge in [-0.1, -0.05) is 12.1 Å². The van der Waals surface area contributed by atoms with Crippen LogP contribution in [0.5, 0.6) is 0 Å². The van der Waals surface area contributed by atoms with Crippen molar-refractivity contribution in [2.24, 2.45) is 0 Å². The predicted octanol–water partition coefficient (Wildman–Crippen LogP) is 4.31. The van der Waals surface area contributed by atoms with E-state index >= 15 is 0 Å². The number of hydrogen-bond acceptors (Lipinski definition) is 4. The van der Waals surface area contributed by atoms with E-state index in [9.17, 15) is 14.0 Å². The van der Waals surface area contributed by atoms with E-state index in [1.54, 1.807) is 19.1 Å². The van der Waals surface area contributed by atoms with E-state index in [-0.39, 0.29) is 18.0 Å². The smallest absolute Gasteiger partial charge is 0.272 e. The van der Waals surface area contributed by atoms with Crippen LogP contribution in [0.25, 0.3) is 20.3 Å². The molecule has 1 N–H and O–H groups in total. The van der Waals surface area contributed by atoms with E-state index in [1.165, 1.54) is 22.0 Å². The number of halogens is 1. The quantitative estimate of drug-likeness (QED) is 0.562. The van der Waals surface area contributed by atoms with Gasteiger partial charge in [0.25, 0.3) is 5.56 Å². The summed E-state index contributed by atoms with van der Waals surface area (Å²) in [7, 11) is 0. The van der Waals surface area contributed by atoms with Crippen LogP contribution in [0.3, 0.4) is 0 Å². The largest absolute Gasteiger partial charge is 0.325 e. The van der Waals surface area contributed by atoms with Gasteiger partial charge in [0, 0.05) is 10.4 Å². The lowest BCUT2D eigenvalue weighted by atomic mass is 10.1. The first-order chi connectivity index (χ1) is 13.3. The maximum absolute atomic E-state index is 14.2. The zero-order valence-electron chi connectivity index (χ0n) is 15.7. The fourth-order valence-electron chi connectivity index (χ4n) is 3.41. The third kappa shape index (κ3) is 3.18. The highest BCUT2D eigenvalue weighted by molar-refractivity contribution is 7.25. The molecule has 0 unspecified atom stereocenters. The summed E-state index contributed by atoms with van der Waals surface area (Å²) in [4.78, 5) is 29.9. The monoisotopic (exact) mass is 395 g/mol. The fraction of sp³-hybridized carbons (Fsp3) is 0.190. The van der Waals surface area contributed by atoms with Gasteiger partial charge < -0.3 is 5.32 Å². The molecule has 0 aliphatic heterocycles. The lowest BCUT2D eigenvalue weighted by Crippen LogP contribution is -2.29. The Morgan fingerprint density at radius 2 is 1.89 bits per heavy atom. The summed E-state index contributed by atoms with van der Waals surface area (Å²) in [6, 6.07) is 10.5. The first kappa shape index (κ1) is 18.3. The van der Waals surface area contributed by atoms with E-state index in [4.69, 9.17) is 0 Å². The molecule has 4 aromatic rings. The van der Waals surface area contributed by atoms with Crippen LogP contribution in [0.2, 0.25) is 0 Å². The molecule has 0 aliphatic rings. The minimum Gasteiger partial charge on any atom is -0.325 e. The van der Waals surface area contributed by atoms with Crippen LogP contribution in [0, 0.1) is 26.6 Å². The van der Waals surface area contributed by atoms with Gasteiger partial charge >= 0.3 is 0 Å². The number of aryl methyl sites for hydroxylation is 3. The van der Waals surface area contributed by atoms with Crippen molar-refractivity contribution < 1.29 is 9.18 Å². The summed E-state index contributed by atoms with van der Waals surface area (Å²) in [5.41, 5.74) is 2.79. The number of thiophene rings is 1. The van der Waals surface area contributed by atoms with Crippen LogP contribution < -0.4 is 10.9 Å². The maximum atomic E-state index is 14.2. The second kappa shape index (κ2) is 6.83. The highest BCUT2D eigenvalue weighted by Gasteiger charge is 2.18. The van der Waals surface area contributed by atoms with Gasteiger partial charge in [0.1, 0.15) is 22.9 Å². The normalized spacial score (nSPS) is 11.3. The summed E-state index contributed by atoms with van der Waals surface area (Å²) in [6.07, 6.45) is 0. The molecule has 0 radical (unpaired) electrons. The number of hydrogen-bond donors (Lipinski definition) is 1. The molecule has 1 amide bonds. The highest BCUT2D eigenvalue weighted by atomic mass is 32.1. The van der Waals surface area contributed by atoms with Crippen molar-refractivity contribution in [3.8, 4) is 0 Å². The summed E-state index contributed by atoms with van der Waals surface area (Å²) in [5, 5.41) is 3.18. The van der Waals surface area contributed by atoms with Crippen molar-refractivity contribution in [3.05, 3.63) is 69.5 Å². The van der Waals surface area contributed by atoms with E-state index in [2.05, 4.69) is 10.3 Å². The van der Waals surface area contributed by atoms with Crippen LogP contribution >= 0.6 is 11.3 Å². The van der Waals surface area contributed by atoms with Crippen molar-refractivity contribution >= 4 is 43.2 Å². The van der Waals surface area contributed by atoms with Crippen LogP contribution in [-0.4, -0.2) is 15.5 Å². The number of rotatable bonds is 3. The third-order valence-corrected chi connectivity index (χ3v) is 5.68. The van der Waals surface area contributed by atoms with Gasteiger partial charge in [0.05, 0.1) is 10.9 Å². The first-order valence-corrected chi connectivity index (χ1v) is 9.61. The number of carbonyl (C=O) groups is 1. The highest BCUT2D eigenvalue weighted by Crippen LogP contribution is 2.32. The minimum atomic E-state index is -0.402. The molecule has 0 saturated carbocycles. The molecule has 28 heavy (non-hydrogen) atoms. The van der Waals surface area contributed by atoms with Gasteiger partial charge in [-0.05, 0) is 56.2 Å². The molecule has 4 rings (SSSR count). The van der Waals surface area contributed by atoms with Crippen LogP contribution in [0.1, 0.15) is 17.0 Å². The van der Waals surface area contributed by atoms with Crippen molar-refractivity contribution in [3.63, 3.8) is 0 Å². The standard InChI is InChI=1S/C21H18FN3O2S/c1-11-7-12(2)9-14(8-11)24-17(26)10-25-13(3)23-19-18-15(22)5-4-6-16(18)28-20(19)21(25)27/h4-9H,10H2,1-3H3,(H,24,26). The van der Waals surface area contributed by atoms with Crippen LogP contribution in [-0.2, 0) is 11.3 Å². The van der Waals surface area contributed by atoms with Gasteiger partial charge in [-0.15, -0.1) is 11.3 Å². The lowest BCUT2D eigenvalue weighted by Gasteiger charge is -2.11. The van der Waals surface area contributed by atoms with Gasteiger partial charge in [0.15, 0.2) is 0 Å². The van der Waals surface area contributed by atoms with Gasteiger partial charge in [-0.2, -0.15) is 0 Å². The van der Waals surface area contributed by atoms with E-state index in [0.717, 1.165) is 11.1 Å². The number of anilines is 1. The van der Waals surface area contributed by atoms with Crippen molar-refractivity contribution in [2.45, 2.75) is 27.3 Å². The summed E-state index contributed by atoms with van der Waals surface area (Å²) >= 11 is 1.19. The van der Waals surface area contributed by atoms with Gasteiger partial charge in [0.2, 0.25) is 5.91 Å². The zero-order valence-corrected chi connectivity index (χ0v) is 16.5. The molecule has 142 valence electrons. The molecule has 0 saturated heterocycles. The summed E-state index contributed by atoms with van der Waals surface area (Å²) < 4.78 is 16.6. The molecule has 0 spiro atoms. The topological polar surface area (TPSA) is 64.0 Å². The van der Waals surface area contributed by atoms with Crippen LogP contribution in [0.4, 0.5) is 10.1 Å². The molecule has 2 aromatic carbocycles. The predicted molar refractivity (Wildman–Crippen MR) is 111 cm³/mol. The number of aromatic nitrogens is 2. The zero-order chi connectivity index (χ0) is 20.0. The number of amides is 1. The molecule has 0 aliphatic carbocycles.